The van der Waals surface area contributed by atoms with Gasteiger partial charge in [0.25, 0.3) is 0 Å². The monoisotopic (exact) mass is 518 g/mol. The Morgan fingerprint density at radius 2 is 1.89 bits per heavy atom. The summed E-state index contributed by atoms with van der Waals surface area (Å²) in [6.45, 7) is 11.9. The summed E-state index contributed by atoms with van der Waals surface area (Å²) in [7, 11) is 0. The summed E-state index contributed by atoms with van der Waals surface area (Å²) in [5.41, 5.74) is -2.15. The third-order valence-corrected chi connectivity index (χ3v) is 11.2. The summed E-state index contributed by atoms with van der Waals surface area (Å²) in [6, 6.07) is 0. The second-order valence-corrected chi connectivity index (χ2v) is 13.6. The van der Waals surface area contributed by atoms with Gasteiger partial charge in [0.05, 0.1) is 18.1 Å². The fraction of sp³-hybridized carbons (Fsp3) is 0.862. The van der Waals surface area contributed by atoms with E-state index in [4.69, 9.17) is 18.9 Å². The van der Waals surface area contributed by atoms with E-state index in [0.29, 0.717) is 18.8 Å². The summed E-state index contributed by atoms with van der Waals surface area (Å²) in [6.07, 6.45) is 2.92. The van der Waals surface area contributed by atoms with Gasteiger partial charge in [0.1, 0.15) is 30.0 Å². The van der Waals surface area contributed by atoms with E-state index in [0.717, 1.165) is 24.7 Å². The van der Waals surface area contributed by atoms with E-state index >= 15 is 0 Å². The van der Waals surface area contributed by atoms with Crippen molar-refractivity contribution in [2.75, 3.05) is 6.61 Å². The average Bonchev–Trinajstić information content (AvgIpc) is 3.50. The SMILES string of the molecule is CC(C)C1=CC2CC3(C=O)[C@@H]4CC[C@@H](C)[C@H]4CC2(CO[C@@H]2O[C@H](C)[C@H]4OC(C)(C)O[C@H]4[C@@H]2O)C13C(=O)O. The molecule has 4 bridgehead atoms. The molecule has 2 N–H and O–H groups in total. The highest BCUT2D eigenvalue weighted by atomic mass is 16.8. The second-order valence-electron chi connectivity index (χ2n) is 13.6. The van der Waals surface area contributed by atoms with Crippen molar-refractivity contribution in [2.45, 2.75) is 104 Å². The Morgan fingerprint density at radius 1 is 1.19 bits per heavy atom. The van der Waals surface area contributed by atoms with E-state index in [1.165, 1.54) is 0 Å². The number of aldehydes is 1. The highest BCUT2D eigenvalue weighted by Gasteiger charge is 2.84. The first-order valence-corrected chi connectivity index (χ1v) is 14.1. The molecule has 0 aromatic heterocycles. The number of aliphatic hydroxyl groups excluding tert-OH is 1. The minimum Gasteiger partial charge on any atom is -0.481 e. The van der Waals surface area contributed by atoms with Crippen molar-refractivity contribution in [3.8, 4) is 0 Å². The van der Waals surface area contributed by atoms with Gasteiger partial charge in [0.15, 0.2) is 12.1 Å². The maximum Gasteiger partial charge on any atom is 0.315 e. The Morgan fingerprint density at radius 3 is 2.54 bits per heavy atom. The molecule has 37 heavy (non-hydrogen) atoms. The number of carbonyl (C=O) groups excluding carboxylic acids is 1. The van der Waals surface area contributed by atoms with Gasteiger partial charge < -0.3 is 34.0 Å². The quantitative estimate of drug-likeness (QED) is 0.406. The number of fused-ring (bicyclic) bond motifs is 3. The van der Waals surface area contributed by atoms with E-state index in [-0.39, 0.29) is 36.4 Å². The molecule has 8 heteroatoms. The minimum atomic E-state index is -1.31. The largest absolute Gasteiger partial charge is 0.481 e. The van der Waals surface area contributed by atoms with Crippen LogP contribution < -0.4 is 0 Å². The second kappa shape index (κ2) is 8.10. The van der Waals surface area contributed by atoms with E-state index in [9.17, 15) is 19.8 Å². The molecule has 4 unspecified atom stereocenters. The minimum absolute atomic E-state index is 0.000883. The van der Waals surface area contributed by atoms with E-state index in [1.807, 2.05) is 34.6 Å². The van der Waals surface area contributed by atoms with Gasteiger partial charge in [-0.05, 0) is 69.6 Å². The number of carbonyl (C=O) groups is 2. The van der Waals surface area contributed by atoms with Crippen LogP contribution in [0.3, 0.4) is 0 Å². The Kier molecular flexibility index (Phi) is 5.68. The molecule has 0 aromatic rings. The first-order valence-electron chi connectivity index (χ1n) is 14.1. The molecule has 8 nitrogen and oxygen atoms in total. The van der Waals surface area contributed by atoms with E-state index < -0.39 is 52.6 Å². The molecule has 0 radical (unpaired) electrons. The zero-order chi connectivity index (χ0) is 26.7. The normalized spacial score (nSPS) is 53.2. The third kappa shape index (κ3) is 3.02. The van der Waals surface area contributed by atoms with Crippen LogP contribution in [0.5, 0.6) is 0 Å². The predicted octanol–water partition coefficient (Wildman–Crippen LogP) is 3.55. The number of carboxylic acids is 1. The maximum absolute atomic E-state index is 13.6. The Balaban J connectivity index is 1.39. The van der Waals surface area contributed by atoms with Crippen LogP contribution in [0.1, 0.15) is 67.2 Å². The van der Waals surface area contributed by atoms with E-state index in [1.54, 1.807) is 0 Å². The highest BCUT2D eigenvalue weighted by Crippen LogP contribution is 2.82. The predicted molar refractivity (Wildman–Crippen MR) is 132 cm³/mol. The molecule has 0 aromatic carbocycles. The van der Waals surface area contributed by atoms with Gasteiger partial charge in [0, 0.05) is 5.41 Å². The number of rotatable bonds is 6. The van der Waals surface area contributed by atoms with Gasteiger partial charge in [-0.1, -0.05) is 38.8 Å². The summed E-state index contributed by atoms with van der Waals surface area (Å²) in [5.74, 6) is -1.04. The summed E-state index contributed by atoms with van der Waals surface area (Å²) in [5, 5.41) is 22.3. The lowest BCUT2D eigenvalue weighted by molar-refractivity contribution is -0.287. The fourth-order valence-corrected chi connectivity index (χ4v) is 9.97. The molecule has 6 rings (SSSR count). The van der Waals surface area contributed by atoms with Crippen molar-refractivity contribution in [1.29, 1.82) is 0 Å². The van der Waals surface area contributed by atoms with Crippen molar-refractivity contribution in [3.05, 3.63) is 11.6 Å². The van der Waals surface area contributed by atoms with Crippen molar-refractivity contribution in [1.82, 2.24) is 0 Å². The number of carboxylic acid groups (broad SMARTS) is 1. The number of hydrogen-bond donors (Lipinski definition) is 2. The van der Waals surface area contributed by atoms with Gasteiger partial charge in [-0.3, -0.25) is 4.79 Å². The maximum atomic E-state index is 13.6. The van der Waals surface area contributed by atoms with Crippen LogP contribution in [-0.4, -0.2) is 65.6 Å². The lowest BCUT2D eigenvalue weighted by atomic mass is 9.43. The molecule has 2 saturated heterocycles. The van der Waals surface area contributed by atoms with Crippen LogP contribution in [0.15, 0.2) is 11.6 Å². The highest BCUT2D eigenvalue weighted by molar-refractivity contribution is 5.90. The molecular formula is C29H42O8. The molecule has 5 fully saturated rings. The summed E-state index contributed by atoms with van der Waals surface area (Å²) in [4.78, 5) is 26.7. The van der Waals surface area contributed by atoms with Crippen molar-refractivity contribution in [2.24, 2.45) is 45.8 Å². The van der Waals surface area contributed by atoms with Crippen molar-refractivity contribution >= 4 is 12.3 Å². The van der Waals surface area contributed by atoms with Gasteiger partial charge in [-0.2, -0.15) is 0 Å². The van der Waals surface area contributed by atoms with E-state index in [2.05, 4.69) is 13.0 Å². The molecular weight excluding hydrogens is 476 g/mol. The number of aliphatic hydroxyl groups is 1. The van der Waals surface area contributed by atoms with Crippen LogP contribution in [0.2, 0.25) is 0 Å². The van der Waals surface area contributed by atoms with Gasteiger partial charge >= 0.3 is 5.97 Å². The van der Waals surface area contributed by atoms with Gasteiger partial charge in [-0.25, -0.2) is 0 Å². The first kappa shape index (κ1) is 25.9. The molecule has 6 aliphatic rings. The topological polar surface area (TPSA) is 112 Å². The smallest absolute Gasteiger partial charge is 0.315 e. The van der Waals surface area contributed by atoms with Crippen molar-refractivity contribution in [3.63, 3.8) is 0 Å². The zero-order valence-electron chi connectivity index (χ0n) is 22.8. The number of aliphatic carboxylic acids is 1. The molecule has 206 valence electrons. The molecule has 0 spiro atoms. The van der Waals surface area contributed by atoms with Crippen LogP contribution in [-0.2, 0) is 28.5 Å². The fourth-order valence-electron chi connectivity index (χ4n) is 9.97. The Labute approximate surface area is 219 Å². The molecule has 0 amide bonds. The molecule has 4 aliphatic carbocycles. The lowest BCUT2D eigenvalue weighted by Crippen LogP contribution is -2.64. The lowest BCUT2D eigenvalue weighted by Gasteiger charge is -2.58. The van der Waals surface area contributed by atoms with Gasteiger partial charge in [0.2, 0.25) is 0 Å². The Hall–Kier alpha value is -1.32. The van der Waals surface area contributed by atoms with Crippen LogP contribution in [0.25, 0.3) is 0 Å². The summed E-state index contributed by atoms with van der Waals surface area (Å²) < 4.78 is 24.5. The number of hydrogen-bond acceptors (Lipinski definition) is 7. The third-order valence-electron chi connectivity index (χ3n) is 11.2. The van der Waals surface area contributed by atoms with Gasteiger partial charge in [-0.15, -0.1) is 0 Å². The van der Waals surface area contributed by atoms with Crippen molar-refractivity contribution < 1.29 is 38.7 Å². The standard InChI is InChI=1S/C29H42O8/c1-14(2)20-9-17-10-27(12-30)19-8-7-15(3)18(19)11-28(17,29(20,27)25(32)33)13-34-24-21(31)23-22(16(4)35-24)36-26(5,6)37-23/h9,12,14-19,21-24,31H,7-8,10-11,13H2,1-6H3,(H,32,33)/t15-,16-,17?,18-,19-,21+,22-,23+,24-,27?,28?,29?/m1/s1. The molecule has 2 aliphatic heterocycles. The first-order chi connectivity index (χ1) is 17.3. The number of ether oxygens (including phenoxy) is 4. The molecule has 12 atom stereocenters. The van der Waals surface area contributed by atoms with Crippen LogP contribution in [0.4, 0.5) is 0 Å². The average molecular weight is 519 g/mol. The number of allylic oxidation sites excluding steroid dienone is 1. The summed E-state index contributed by atoms with van der Waals surface area (Å²) >= 11 is 0. The zero-order valence-corrected chi connectivity index (χ0v) is 22.8. The van der Waals surface area contributed by atoms with Crippen LogP contribution >= 0.6 is 0 Å². The molecule has 2 heterocycles. The molecule has 3 saturated carbocycles. The Bertz CT molecular complexity index is 1020. The van der Waals surface area contributed by atoms with Crippen LogP contribution in [0, 0.1) is 45.8 Å².